The number of halogens is 1. The molecule has 21 heavy (non-hydrogen) atoms. The Morgan fingerprint density at radius 1 is 1.10 bits per heavy atom. The number of fused-ring (bicyclic) bond motifs is 2. The number of hydrogen-bond donors (Lipinski definition) is 3. The van der Waals surface area contributed by atoms with E-state index in [4.69, 9.17) is 16.6 Å². The molecule has 4 nitrogen and oxygen atoms in total. The molecule has 0 unspecified atom stereocenters. The summed E-state index contributed by atoms with van der Waals surface area (Å²) < 4.78 is 0. The van der Waals surface area contributed by atoms with Crippen molar-refractivity contribution in [3.05, 3.63) is 53.1 Å². The highest BCUT2D eigenvalue weighted by atomic mass is 35.5. The van der Waals surface area contributed by atoms with Crippen LogP contribution >= 0.6 is 11.6 Å². The number of aliphatic imine (C=N–C) groups is 1. The molecule has 0 bridgehead atoms. The molecule has 108 valence electrons. The van der Waals surface area contributed by atoms with Gasteiger partial charge in [-0.3, -0.25) is 0 Å². The lowest BCUT2D eigenvalue weighted by Crippen LogP contribution is -2.31. The van der Waals surface area contributed by atoms with Crippen LogP contribution in [0.2, 0.25) is 5.02 Å². The Hall–Kier alpha value is -2.04. The quantitative estimate of drug-likeness (QED) is 0.762. The molecule has 0 spiro atoms. The Morgan fingerprint density at radius 3 is 2.81 bits per heavy atom. The number of hydrogen-bond acceptors (Lipinski definition) is 4. The molecule has 3 N–H and O–H groups in total. The van der Waals surface area contributed by atoms with E-state index in [0.29, 0.717) is 5.02 Å². The number of benzene rings is 2. The predicted octanol–water partition coefficient (Wildman–Crippen LogP) is 3.28. The Balaban J connectivity index is 2.04. The zero-order valence-electron chi connectivity index (χ0n) is 11.8. The second-order valence-corrected chi connectivity index (χ2v) is 5.26. The van der Waals surface area contributed by atoms with E-state index in [1.807, 2.05) is 43.4 Å². The summed E-state index contributed by atoms with van der Waals surface area (Å²) >= 11 is 6.09. The number of nitrogens with zero attached hydrogens (tertiary/aromatic N) is 1. The molecule has 3 rings (SSSR count). The highest BCUT2D eigenvalue weighted by molar-refractivity contribution is 6.31. The fraction of sp³-hybridized carbons (Fsp3) is 0.188. The molecule has 0 aromatic heterocycles. The first kappa shape index (κ1) is 13.9. The van der Waals surface area contributed by atoms with Crippen LogP contribution < -0.4 is 16.0 Å². The van der Waals surface area contributed by atoms with Crippen molar-refractivity contribution in [1.82, 2.24) is 10.6 Å². The van der Waals surface area contributed by atoms with Gasteiger partial charge in [0.1, 0.15) is 5.84 Å². The van der Waals surface area contributed by atoms with Crippen molar-refractivity contribution >= 4 is 34.5 Å². The molecule has 0 saturated heterocycles. The maximum Gasteiger partial charge on any atom is 0.136 e. The van der Waals surface area contributed by atoms with Crippen LogP contribution in [-0.4, -0.2) is 26.0 Å². The largest absolute Gasteiger partial charge is 0.368 e. The van der Waals surface area contributed by atoms with Gasteiger partial charge >= 0.3 is 0 Å². The molecule has 5 heteroatoms. The van der Waals surface area contributed by atoms with Crippen LogP contribution in [0.4, 0.5) is 17.1 Å². The van der Waals surface area contributed by atoms with Crippen LogP contribution in [0, 0.1) is 0 Å². The second-order valence-electron chi connectivity index (χ2n) is 4.82. The van der Waals surface area contributed by atoms with Crippen molar-refractivity contribution in [2.45, 2.75) is 0 Å². The van der Waals surface area contributed by atoms with Gasteiger partial charge in [0, 0.05) is 29.4 Å². The Labute approximate surface area is 129 Å². The maximum atomic E-state index is 6.09. The number of nitrogens with one attached hydrogen (secondary N) is 3. The van der Waals surface area contributed by atoms with E-state index in [9.17, 15) is 0 Å². The minimum Gasteiger partial charge on any atom is -0.368 e. The van der Waals surface area contributed by atoms with Crippen molar-refractivity contribution in [3.8, 4) is 0 Å². The van der Waals surface area contributed by atoms with Crippen molar-refractivity contribution in [2.24, 2.45) is 4.99 Å². The van der Waals surface area contributed by atoms with E-state index in [1.54, 1.807) is 0 Å². The number of amidine groups is 1. The summed E-state index contributed by atoms with van der Waals surface area (Å²) in [5.41, 5.74) is 3.89. The summed E-state index contributed by atoms with van der Waals surface area (Å²) in [7, 11) is 1.93. The molecule has 0 fully saturated rings. The van der Waals surface area contributed by atoms with E-state index in [1.165, 1.54) is 0 Å². The third-order valence-electron chi connectivity index (χ3n) is 3.31. The summed E-state index contributed by atoms with van der Waals surface area (Å²) in [6.45, 7) is 1.68. The van der Waals surface area contributed by atoms with Gasteiger partial charge in [-0.1, -0.05) is 23.7 Å². The number of anilines is 2. The predicted molar refractivity (Wildman–Crippen MR) is 89.3 cm³/mol. The highest BCUT2D eigenvalue weighted by Gasteiger charge is 2.15. The smallest absolute Gasteiger partial charge is 0.136 e. The van der Waals surface area contributed by atoms with E-state index in [-0.39, 0.29) is 0 Å². The summed E-state index contributed by atoms with van der Waals surface area (Å²) in [6.07, 6.45) is 0. The molecule has 1 aliphatic rings. The normalized spacial score (nSPS) is 12.6. The van der Waals surface area contributed by atoms with Gasteiger partial charge in [-0.2, -0.15) is 0 Å². The van der Waals surface area contributed by atoms with Gasteiger partial charge in [0.25, 0.3) is 0 Å². The molecular weight excluding hydrogens is 284 g/mol. The lowest BCUT2D eigenvalue weighted by Gasteiger charge is -2.11. The van der Waals surface area contributed by atoms with Gasteiger partial charge in [0.15, 0.2) is 0 Å². The van der Waals surface area contributed by atoms with Gasteiger partial charge in [0.05, 0.1) is 11.4 Å². The van der Waals surface area contributed by atoms with Crippen molar-refractivity contribution < 1.29 is 0 Å². The lowest BCUT2D eigenvalue weighted by molar-refractivity contribution is 0.758. The van der Waals surface area contributed by atoms with Crippen molar-refractivity contribution in [3.63, 3.8) is 0 Å². The van der Waals surface area contributed by atoms with Crippen molar-refractivity contribution in [1.29, 1.82) is 0 Å². The molecule has 0 saturated carbocycles. The van der Waals surface area contributed by atoms with Gasteiger partial charge < -0.3 is 16.0 Å². The molecule has 0 aliphatic carbocycles. The van der Waals surface area contributed by atoms with Crippen LogP contribution in [0.3, 0.4) is 0 Å². The maximum absolute atomic E-state index is 6.09. The standard InChI is InChI=1S/C16H17ClN4/c1-18-8-9-19-16-12-4-2-3-5-13(12)20-14-7-6-11(17)10-15(14)21-16/h2-7,10,18,20H,8-9H2,1H3,(H,19,21). The SMILES string of the molecule is CNCCNC1=Nc2cc(Cl)ccc2Nc2ccccc21. The van der Waals surface area contributed by atoms with Crippen LogP contribution in [0.25, 0.3) is 0 Å². The number of rotatable bonds is 3. The first-order valence-electron chi connectivity index (χ1n) is 6.91. The molecule has 2 aromatic rings. The topological polar surface area (TPSA) is 48.5 Å². The molecule has 1 aliphatic heterocycles. The average Bonchev–Trinajstić information content (AvgIpc) is 2.64. The molecule has 2 aromatic carbocycles. The molecule has 0 radical (unpaired) electrons. The van der Waals surface area contributed by atoms with Crippen LogP contribution in [0.1, 0.15) is 5.56 Å². The second kappa shape index (κ2) is 6.16. The van der Waals surface area contributed by atoms with E-state index < -0.39 is 0 Å². The fourth-order valence-electron chi connectivity index (χ4n) is 2.27. The fourth-order valence-corrected chi connectivity index (χ4v) is 2.43. The molecule has 1 heterocycles. The van der Waals surface area contributed by atoms with Gasteiger partial charge in [-0.25, -0.2) is 4.99 Å². The Kier molecular flexibility index (Phi) is 4.08. The van der Waals surface area contributed by atoms with Crippen molar-refractivity contribution in [2.75, 3.05) is 25.5 Å². The summed E-state index contributed by atoms with van der Waals surface area (Å²) in [5.74, 6) is 0.856. The third-order valence-corrected chi connectivity index (χ3v) is 3.55. The van der Waals surface area contributed by atoms with Gasteiger partial charge in [-0.05, 0) is 37.4 Å². The van der Waals surface area contributed by atoms with E-state index in [2.05, 4.69) is 22.0 Å². The summed E-state index contributed by atoms with van der Waals surface area (Å²) in [4.78, 5) is 4.74. The zero-order chi connectivity index (χ0) is 14.7. The average molecular weight is 301 g/mol. The highest BCUT2D eigenvalue weighted by Crippen LogP contribution is 2.35. The Bertz CT molecular complexity index is 682. The first-order valence-corrected chi connectivity index (χ1v) is 7.29. The van der Waals surface area contributed by atoms with Gasteiger partial charge in [-0.15, -0.1) is 0 Å². The number of likely N-dealkylation sites (N-methyl/N-ethyl adjacent to an activating group) is 1. The molecule has 0 atom stereocenters. The third kappa shape index (κ3) is 3.01. The van der Waals surface area contributed by atoms with Crippen LogP contribution in [0.5, 0.6) is 0 Å². The van der Waals surface area contributed by atoms with E-state index in [0.717, 1.165) is 41.6 Å². The lowest BCUT2D eigenvalue weighted by atomic mass is 10.1. The molecular formula is C16H17ClN4. The first-order chi connectivity index (χ1) is 10.3. The Morgan fingerprint density at radius 2 is 1.95 bits per heavy atom. The summed E-state index contributed by atoms with van der Waals surface area (Å²) in [6, 6.07) is 13.8. The van der Waals surface area contributed by atoms with Crippen LogP contribution in [0.15, 0.2) is 47.5 Å². The zero-order valence-corrected chi connectivity index (χ0v) is 12.5. The number of para-hydroxylation sites is 1. The van der Waals surface area contributed by atoms with Crippen LogP contribution in [-0.2, 0) is 0 Å². The monoisotopic (exact) mass is 300 g/mol. The minimum absolute atomic E-state index is 0.680. The molecule has 0 amide bonds. The minimum atomic E-state index is 0.680. The summed E-state index contributed by atoms with van der Waals surface area (Å²) in [5, 5.41) is 10.6. The van der Waals surface area contributed by atoms with Gasteiger partial charge in [0.2, 0.25) is 0 Å². The van der Waals surface area contributed by atoms with E-state index >= 15 is 0 Å².